The summed E-state index contributed by atoms with van der Waals surface area (Å²) >= 11 is 12.7. The molecule has 0 aromatic heterocycles. The van der Waals surface area contributed by atoms with E-state index in [9.17, 15) is 24.0 Å². The van der Waals surface area contributed by atoms with Crippen LogP contribution in [0.25, 0.3) is 0 Å². The highest BCUT2D eigenvalue weighted by Crippen LogP contribution is 2.43. The number of hydrazone groups is 1. The van der Waals surface area contributed by atoms with E-state index in [1.807, 2.05) is 0 Å². The largest absolute Gasteiger partial charge is 0.497 e. The number of amidine groups is 1. The molecule has 47 heavy (non-hydrogen) atoms. The van der Waals surface area contributed by atoms with E-state index in [0.717, 1.165) is 27.7 Å². The molecule has 0 amide bonds. The van der Waals surface area contributed by atoms with Gasteiger partial charge in [-0.1, -0.05) is 35.3 Å². The van der Waals surface area contributed by atoms with Gasteiger partial charge in [-0.15, -0.1) is 5.10 Å². The first-order valence-electron chi connectivity index (χ1n) is 14.3. The molecular formula is C31H33Cl2N3O11. The molecular weight excluding hydrogens is 661 g/mol. The van der Waals surface area contributed by atoms with E-state index >= 15 is 0 Å². The highest BCUT2D eigenvalue weighted by molar-refractivity contribution is 6.39. The topological polar surface area (TPSA) is 160 Å². The smallest absolute Gasteiger partial charge is 0.305 e. The molecule has 1 saturated heterocycles. The molecule has 0 spiro atoms. The predicted molar refractivity (Wildman–Crippen MR) is 167 cm³/mol. The molecule has 16 heteroatoms. The molecule has 2 aliphatic heterocycles. The van der Waals surface area contributed by atoms with Gasteiger partial charge in [-0.2, -0.15) is 0 Å². The molecule has 2 heterocycles. The normalized spacial score (nSPS) is 23.8. The molecule has 0 saturated carbocycles. The fraction of sp³-hybridized carbons (Fsp3) is 0.419. The Morgan fingerprint density at radius 1 is 0.809 bits per heavy atom. The molecule has 0 N–H and O–H groups in total. The van der Waals surface area contributed by atoms with Crippen LogP contribution in [-0.4, -0.2) is 84.8 Å². The van der Waals surface area contributed by atoms with E-state index in [1.165, 1.54) is 30.0 Å². The number of carbonyl (C=O) groups excluding carboxylic acids is 5. The molecule has 2 aromatic carbocycles. The predicted octanol–water partition coefficient (Wildman–Crippen LogP) is 3.81. The third kappa shape index (κ3) is 8.31. The lowest BCUT2D eigenvalue weighted by Crippen LogP contribution is -2.68. The molecule has 1 fully saturated rings. The van der Waals surface area contributed by atoms with Gasteiger partial charge in [0.25, 0.3) is 0 Å². The van der Waals surface area contributed by atoms with Gasteiger partial charge in [-0.05, 0) is 35.9 Å². The van der Waals surface area contributed by atoms with Crippen molar-refractivity contribution in [2.45, 2.75) is 71.4 Å². The number of nitrogens with zero attached hydrogens (tertiary/aromatic N) is 3. The summed E-state index contributed by atoms with van der Waals surface area (Å²) in [5.41, 5.74) is 0.912. The lowest BCUT2D eigenvalue weighted by atomic mass is 9.93. The number of anilines is 1. The van der Waals surface area contributed by atoms with Crippen molar-refractivity contribution >= 4 is 64.4 Å². The van der Waals surface area contributed by atoms with Crippen LogP contribution in [0.4, 0.5) is 5.69 Å². The maximum atomic E-state index is 13.4. The number of hydrogen-bond acceptors (Lipinski definition) is 14. The Hall–Kier alpha value is -4.40. The second-order valence-electron chi connectivity index (χ2n) is 10.6. The number of Topliss-reactive ketones (excluding diaryl/α,β-unsaturated/α-hetero) is 1. The van der Waals surface area contributed by atoms with Gasteiger partial charge in [0.1, 0.15) is 24.5 Å². The van der Waals surface area contributed by atoms with Crippen LogP contribution in [-0.2, 0) is 47.7 Å². The summed E-state index contributed by atoms with van der Waals surface area (Å²) in [5, 5.41) is 6.68. The number of benzene rings is 2. The number of methoxy groups -OCH3 is 1. The summed E-state index contributed by atoms with van der Waals surface area (Å²) in [6, 6.07) is 10.1. The van der Waals surface area contributed by atoms with E-state index in [-0.39, 0.29) is 15.9 Å². The minimum atomic E-state index is -1.59. The molecule has 4 rings (SSSR count). The van der Waals surface area contributed by atoms with E-state index in [1.54, 1.807) is 36.4 Å². The van der Waals surface area contributed by atoms with Crippen LogP contribution in [0.15, 0.2) is 47.6 Å². The van der Waals surface area contributed by atoms with Gasteiger partial charge in [0.2, 0.25) is 6.29 Å². The zero-order valence-corrected chi connectivity index (χ0v) is 27.8. The minimum absolute atomic E-state index is 0.162. The number of carbonyl (C=O) groups is 5. The summed E-state index contributed by atoms with van der Waals surface area (Å²) in [4.78, 5) is 64.1. The van der Waals surface area contributed by atoms with E-state index < -0.39 is 73.1 Å². The van der Waals surface area contributed by atoms with E-state index in [2.05, 4.69) is 5.10 Å². The van der Waals surface area contributed by atoms with Crippen molar-refractivity contribution in [3.63, 3.8) is 0 Å². The van der Waals surface area contributed by atoms with Crippen molar-refractivity contribution < 1.29 is 52.4 Å². The van der Waals surface area contributed by atoms with Gasteiger partial charge in [-0.25, -0.2) is 5.01 Å². The Bertz CT molecular complexity index is 1550. The van der Waals surface area contributed by atoms with Crippen LogP contribution in [0.2, 0.25) is 10.0 Å². The highest BCUT2D eigenvalue weighted by Gasteiger charge is 2.58. The maximum Gasteiger partial charge on any atom is 0.305 e. The average molecular weight is 695 g/mol. The molecule has 2 aromatic rings. The Morgan fingerprint density at radius 3 is 1.89 bits per heavy atom. The summed E-state index contributed by atoms with van der Waals surface area (Å²) in [6.07, 6.45) is -6.76. The molecule has 1 unspecified atom stereocenters. The highest BCUT2D eigenvalue weighted by atomic mass is 35.5. The fourth-order valence-electron chi connectivity index (χ4n) is 5.38. The first-order valence-corrected chi connectivity index (χ1v) is 15.0. The van der Waals surface area contributed by atoms with Crippen molar-refractivity contribution in [1.29, 1.82) is 0 Å². The summed E-state index contributed by atoms with van der Waals surface area (Å²) in [7, 11) is 1.50. The Labute approximate surface area is 280 Å². The quantitative estimate of drug-likeness (QED) is 0.261. The molecule has 14 nitrogen and oxygen atoms in total. The number of rotatable bonds is 10. The maximum absolute atomic E-state index is 13.4. The summed E-state index contributed by atoms with van der Waals surface area (Å²) in [5.74, 6) is -3.21. The van der Waals surface area contributed by atoms with Crippen LogP contribution in [0.3, 0.4) is 0 Å². The fourth-order valence-corrected chi connectivity index (χ4v) is 5.90. The van der Waals surface area contributed by atoms with Crippen molar-refractivity contribution in [3.8, 4) is 5.75 Å². The van der Waals surface area contributed by atoms with Crippen molar-refractivity contribution in [3.05, 3.63) is 58.1 Å². The average Bonchev–Trinajstić information content (AvgIpc) is 3.37. The second kappa shape index (κ2) is 15.0. The lowest BCUT2D eigenvalue weighted by molar-refractivity contribution is -0.282. The van der Waals surface area contributed by atoms with Crippen molar-refractivity contribution in [2.75, 3.05) is 18.7 Å². The van der Waals surface area contributed by atoms with Gasteiger partial charge in [0.05, 0.1) is 12.8 Å². The van der Waals surface area contributed by atoms with Gasteiger partial charge in [0, 0.05) is 44.7 Å². The van der Waals surface area contributed by atoms with E-state index in [4.69, 9.17) is 51.6 Å². The number of esters is 4. The van der Waals surface area contributed by atoms with Gasteiger partial charge >= 0.3 is 23.9 Å². The Balaban J connectivity index is 1.99. The molecule has 0 radical (unpaired) electrons. The first kappa shape index (κ1) is 35.5. The number of ketones is 1. The monoisotopic (exact) mass is 693 g/mol. The zero-order valence-electron chi connectivity index (χ0n) is 26.3. The SMILES string of the molecule is COc1ccc(C2N(c3cc(Cl)cc(Cl)c3)N=C(C(C)=O)N2[C@@H]2[C@@H](OC(C)=O)O[C@@H](COC(C)=O)[C@H](OC(C)=O)[C@H]2OC(C)=O)cc1. The van der Waals surface area contributed by atoms with Crippen LogP contribution in [0.5, 0.6) is 5.75 Å². The van der Waals surface area contributed by atoms with Crippen molar-refractivity contribution in [2.24, 2.45) is 5.10 Å². The summed E-state index contributed by atoms with van der Waals surface area (Å²) < 4.78 is 33.7. The van der Waals surface area contributed by atoms with Crippen LogP contribution in [0.1, 0.15) is 46.3 Å². The molecule has 252 valence electrons. The van der Waals surface area contributed by atoms with Crippen LogP contribution < -0.4 is 9.75 Å². The zero-order chi connectivity index (χ0) is 34.6. The standard InChI is InChI=1S/C31H33Cl2N3O11/c1-15(37)29-34-36(23-12-21(32)11-22(33)13-23)30(20-7-9-24(42-6)10-8-20)35(29)26-28(45-18(4)40)27(44-17(3)39)25(14-43-16(2)38)47-31(26)46-19(5)41/h7-13,25-28,30-31H,14H2,1-6H3/t25-,26-,27-,28-,30?,31-/m0/s1. The van der Waals surface area contributed by atoms with Gasteiger partial charge in [-0.3, -0.25) is 24.0 Å². The molecule has 0 bridgehead atoms. The van der Waals surface area contributed by atoms with Crippen molar-refractivity contribution in [1.82, 2.24) is 4.90 Å². The number of halogens is 2. The third-order valence-corrected chi connectivity index (χ3v) is 7.49. The van der Waals surface area contributed by atoms with Gasteiger partial charge < -0.3 is 33.3 Å². The Kier molecular flexibility index (Phi) is 11.3. The van der Waals surface area contributed by atoms with Crippen LogP contribution >= 0.6 is 23.2 Å². The summed E-state index contributed by atoms with van der Waals surface area (Å²) in [6.45, 7) is 5.36. The second-order valence-corrected chi connectivity index (χ2v) is 11.5. The molecule has 2 aliphatic rings. The number of hydrogen-bond donors (Lipinski definition) is 0. The van der Waals surface area contributed by atoms with Gasteiger partial charge in [0.15, 0.2) is 30.0 Å². The Morgan fingerprint density at radius 2 is 1.38 bits per heavy atom. The molecule has 0 aliphatic carbocycles. The first-order chi connectivity index (χ1) is 22.2. The molecule has 6 atom stereocenters. The minimum Gasteiger partial charge on any atom is -0.497 e. The number of ether oxygens (including phenoxy) is 6. The lowest BCUT2D eigenvalue weighted by Gasteiger charge is -2.49. The van der Waals surface area contributed by atoms with Crippen LogP contribution in [0, 0.1) is 0 Å². The third-order valence-electron chi connectivity index (χ3n) is 7.06. The van der Waals surface area contributed by atoms with E-state index in [0.29, 0.717) is 17.0 Å².